The smallest absolute Gasteiger partial charge is 0.199 e. The van der Waals surface area contributed by atoms with E-state index in [-0.39, 0.29) is 22.8 Å². The van der Waals surface area contributed by atoms with Gasteiger partial charge in [0.2, 0.25) is 0 Å². The van der Waals surface area contributed by atoms with E-state index in [0.717, 1.165) is 17.7 Å². The molecule has 44 heavy (non-hydrogen) atoms. The number of alkyl halides is 6. The Morgan fingerprint density at radius 3 is 2.00 bits per heavy atom. The van der Waals surface area contributed by atoms with Crippen molar-refractivity contribution in [1.29, 1.82) is 0 Å². The van der Waals surface area contributed by atoms with E-state index in [9.17, 15) is 26.3 Å². The molecule has 0 amide bonds. The summed E-state index contributed by atoms with van der Waals surface area (Å²) in [7, 11) is 0. The summed E-state index contributed by atoms with van der Waals surface area (Å²) in [6.07, 6.45) is -3.94. The van der Waals surface area contributed by atoms with Crippen LogP contribution in [0, 0.1) is 5.41 Å². The molecule has 0 N–H and O–H groups in total. The molecular formula is C37H46F6N+. The second-order valence-electron chi connectivity index (χ2n) is 14.1. The number of fused-ring (bicyclic) bond motifs is 3. The summed E-state index contributed by atoms with van der Waals surface area (Å²) in [6, 6.07) is 10.8. The molecule has 2 aromatic rings. The van der Waals surface area contributed by atoms with Crippen molar-refractivity contribution in [2.24, 2.45) is 5.41 Å². The van der Waals surface area contributed by atoms with Crippen LogP contribution in [0.2, 0.25) is 0 Å². The van der Waals surface area contributed by atoms with Gasteiger partial charge in [-0.2, -0.15) is 30.9 Å². The Balaban J connectivity index is 1.96. The molecule has 1 heterocycles. The minimum Gasteiger partial charge on any atom is -0.199 e. The fourth-order valence-corrected chi connectivity index (χ4v) is 6.27. The highest BCUT2D eigenvalue weighted by molar-refractivity contribution is 5.98. The second kappa shape index (κ2) is 12.0. The molecule has 0 saturated carbocycles. The fraction of sp³-hybridized carbons (Fsp3) is 0.486. The Kier molecular flexibility index (Phi) is 9.67. The highest BCUT2D eigenvalue weighted by Gasteiger charge is 2.70. The van der Waals surface area contributed by atoms with Crippen LogP contribution in [-0.4, -0.2) is 28.7 Å². The predicted octanol–water partition coefficient (Wildman–Crippen LogP) is 11.5. The first kappa shape index (κ1) is 35.4. The molecule has 1 aliphatic heterocycles. The van der Waals surface area contributed by atoms with Crippen molar-refractivity contribution in [2.45, 2.75) is 110 Å². The predicted molar refractivity (Wildman–Crippen MR) is 170 cm³/mol. The third kappa shape index (κ3) is 6.21. The summed E-state index contributed by atoms with van der Waals surface area (Å²) in [4.78, 5) is 0. The lowest BCUT2D eigenvalue weighted by Gasteiger charge is -2.42. The van der Waals surface area contributed by atoms with E-state index in [0.29, 0.717) is 12.0 Å². The minimum atomic E-state index is -5.54. The second-order valence-corrected chi connectivity index (χ2v) is 14.1. The molecule has 7 heteroatoms. The Morgan fingerprint density at radius 2 is 1.48 bits per heavy atom. The Bertz CT molecular complexity index is 1490. The quantitative estimate of drug-likeness (QED) is 0.114. The number of halogens is 6. The van der Waals surface area contributed by atoms with Gasteiger partial charge in [0.1, 0.15) is 0 Å². The van der Waals surface area contributed by atoms with Crippen LogP contribution in [0.25, 0.3) is 10.8 Å². The summed E-state index contributed by atoms with van der Waals surface area (Å²) >= 11 is 0. The third-order valence-electron chi connectivity index (χ3n) is 9.59. The van der Waals surface area contributed by atoms with E-state index >= 15 is 0 Å². The van der Waals surface area contributed by atoms with E-state index in [1.165, 1.54) is 21.9 Å². The van der Waals surface area contributed by atoms with Gasteiger partial charge in [-0.25, -0.2) is 0 Å². The number of hydrogen-bond donors (Lipinski definition) is 0. The van der Waals surface area contributed by atoms with E-state index in [1.807, 2.05) is 12.3 Å². The van der Waals surface area contributed by atoms with Crippen LogP contribution in [0.15, 0.2) is 79.1 Å². The zero-order valence-electron chi connectivity index (χ0n) is 27.2. The van der Waals surface area contributed by atoms with E-state index in [1.54, 1.807) is 6.92 Å². The van der Waals surface area contributed by atoms with Crippen LogP contribution in [0.5, 0.6) is 0 Å². The molecule has 240 valence electrons. The van der Waals surface area contributed by atoms with Crippen molar-refractivity contribution in [3.05, 3.63) is 95.8 Å². The maximum Gasteiger partial charge on any atom is 0.407 e. The number of hydrogen-bond acceptors (Lipinski definition) is 0. The molecule has 0 bridgehead atoms. The first-order chi connectivity index (χ1) is 20.0. The molecule has 0 atom stereocenters. The van der Waals surface area contributed by atoms with Crippen LogP contribution in [0.4, 0.5) is 26.3 Å². The summed E-state index contributed by atoms with van der Waals surface area (Å²) in [5.74, 6) is 0. The highest BCUT2D eigenvalue weighted by atomic mass is 19.4. The van der Waals surface area contributed by atoms with Crippen molar-refractivity contribution in [3.8, 4) is 0 Å². The Morgan fingerprint density at radius 1 is 0.909 bits per heavy atom. The van der Waals surface area contributed by atoms with Crippen LogP contribution in [0.1, 0.15) is 97.8 Å². The van der Waals surface area contributed by atoms with Gasteiger partial charge in [0.15, 0.2) is 23.4 Å². The molecule has 0 unspecified atom stereocenters. The van der Waals surface area contributed by atoms with Crippen molar-refractivity contribution in [1.82, 2.24) is 0 Å². The van der Waals surface area contributed by atoms with Gasteiger partial charge >= 0.3 is 12.4 Å². The summed E-state index contributed by atoms with van der Waals surface area (Å²) in [6.45, 7) is 23.6. The number of allylic oxidation sites excluding steroid dienone is 5. The SMILES string of the molecule is C=CCCC(C(=C)C=C(C)CC/C=C\[N+]1=Cc2cc(C(C)(C)C)c3ccccc3c2C(C)(C)C1(C)C)(C(F)(F)F)C(F)(F)F. The maximum atomic E-state index is 14.0. The van der Waals surface area contributed by atoms with Crippen molar-refractivity contribution in [2.75, 3.05) is 0 Å². The monoisotopic (exact) mass is 618 g/mol. The zero-order valence-corrected chi connectivity index (χ0v) is 27.2. The van der Waals surface area contributed by atoms with Crippen LogP contribution in [0.3, 0.4) is 0 Å². The molecule has 0 fully saturated rings. The average Bonchev–Trinajstić information content (AvgIpc) is 2.87. The lowest BCUT2D eigenvalue weighted by molar-refractivity contribution is -0.551. The lowest BCUT2D eigenvalue weighted by atomic mass is 9.64. The van der Waals surface area contributed by atoms with Gasteiger partial charge in [-0.3, -0.25) is 0 Å². The Hall–Kier alpha value is -3.09. The summed E-state index contributed by atoms with van der Waals surface area (Å²) < 4.78 is 85.9. The first-order valence-electron chi connectivity index (χ1n) is 15.0. The first-order valence-corrected chi connectivity index (χ1v) is 15.0. The van der Waals surface area contributed by atoms with Crippen molar-refractivity contribution < 1.29 is 30.9 Å². The molecule has 0 radical (unpaired) electrons. The van der Waals surface area contributed by atoms with Gasteiger partial charge in [0.05, 0.1) is 5.41 Å². The minimum absolute atomic E-state index is 0.0738. The Labute approximate surface area is 258 Å². The molecule has 0 aliphatic carbocycles. The molecule has 1 aliphatic rings. The summed E-state index contributed by atoms with van der Waals surface area (Å²) in [5.41, 5.74) is -1.64. The largest absolute Gasteiger partial charge is 0.407 e. The zero-order chi connectivity index (χ0) is 33.5. The van der Waals surface area contributed by atoms with Gasteiger partial charge < -0.3 is 0 Å². The standard InChI is InChI=1S/C37H46F6N/c1-11-12-20-35(36(38,39)40,37(41,42)43)26(3)22-25(2)17-15-16-21-44-24-27-23-30(32(4,5)6)28-18-13-14-19-29(28)31(27)33(7,8)34(44,9)10/h11,13-14,16,18-19,21-24H,1,3,12,15,17,20H2,2,4-10H3/q+1/b21-16-,25-22?. The van der Waals surface area contributed by atoms with Gasteiger partial charge in [-0.05, 0) is 91.5 Å². The number of rotatable bonds is 9. The maximum absolute atomic E-state index is 14.0. The molecular weight excluding hydrogens is 572 g/mol. The topological polar surface area (TPSA) is 3.01 Å². The lowest BCUT2D eigenvalue weighted by Crippen LogP contribution is -2.53. The van der Waals surface area contributed by atoms with Crippen LogP contribution >= 0.6 is 0 Å². The van der Waals surface area contributed by atoms with E-state index in [2.05, 4.69) is 103 Å². The van der Waals surface area contributed by atoms with E-state index < -0.39 is 36.2 Å². The van der Waals surface area contributed by atoms with Gasteiger partial charge in [0.25, 0.3) is 0 Å². The van der Waals surface area contributed by atoms with Crippen molar-refractivity contribution >= 4 is 17.0 Å². The normalized spacial score (nSPS) is 17.5. The van der Waals surface area contributed by atoms with Crippen molar-refractivity contribution in [3.63, 3.8) is 0 Å². The molecule has 0 spiro atoms. The molecule has 1 nitrogen and oxygen atoms in total. The molecule has 2 aromatic carbocycles. The number of nitrogens with zero attached hydrogens (tertiary/aromatic N) is 1. The van der Waals surface area contributed by atoms with E-state index in [4.69, 9.17) is 0 Å². The highest BCUT2D eigenvalue weighted by Crippen LogP contribution is 2.58. The molecule has 3 rings (SSSR count). The average molecular weight is 619 g/mol. The molecule has 0 aromatic heterocycles. The van der Waals surface area contributed by atoms with Crippen LogP contribution < -0.4 is 0 Å². The molecule has 0 saturated heterocycles. The van der Waals surface area contributed by atoms with Gasteiger partial charge in [-0.15, -0.1) is 6.58 Å². The third-order valence-corrected chi connectivity index (χ3v) is 9.59. The van der Waals surface area contributed by atoms with Crippen LogP contribution in [-0.2, 0) is 10.8 Å². The van der Waals surface area contributed by atoms with Gasteiger partial charge in [-0.1, -0.05) is 69.3 Å². The summed E-state index contributed by atoms with van der Waals surface area (Å²) in [5, 5.41) is 2.48. The number of benzene rings is 2. The fourth-order valence-electron chi connectivity index (χ4n) is 6.27. The van der Waals surface area contributed by atoms with Gasteiger partial charge in [0, 0.05) is 19.4 Å².